The largest absolute Gasteiger partial charge is 0.331 e. The number of aromatic nitrogens is 2. The van der Waals surface area contributed by atoms with Gasteiger partial charge in [-0.2, -0.15) is 0 Å². The molecule has 1 aromatic heterocycles. The molecule has 1 aromatic rings. The number of rotatable bonds is 5. The van der Waals surface area contributed by atoms with Crippen LogP contribution in [0, 0.1) is 5.92 Å². The van der Waals surface area contributed by atoms with Gasteiger partial charge in [-0.1, -0.05) is 20.3 Å². The lowest BCUT2D eigenvalue weighted by Gasteiger charge is -2.33. The molecule has 0 spiro atoms. The average Bonchev–Trinajstić information content (AvgIpc) is 3.09. The van der Waals surface area contributed by atoms with E-state index in [0.29, 0.717) is 23.7 Å². The Hall–Kier alpha value is -1.32. The smallest absolute Gasteiger partial charge is 0.272 e. The molecule has 1 aliphatic carbocycles. The van der Waals surface area contributed by atoms with Gasteiger partial charge < -0.3 is 9.47 Å². The van der Waals surface area contributed by atoms with Crippen LogP contribution in [-0.2, 0) is 7.05 Å². The van der Waals surface area contributed by atoms with Crippen LogP contribution in [-0.4, -0.2) is 32.4 Å². The number of imidazole rings is 1. The maximum atomic E-state index is 12.6. The van der Waals surface area contributed by atoms with Crippen LogP contribution in [0.25, 0.3) is 0 Å². The zero-order chi connectivity index (χ0) is 13.3. The number of carbonyl (C=O) groups excluding carboxylic acids is 1. The standard InChI is InChI=1S/C14H23N3O/c1-5-10(2)11(3)17(12-6-7-12)14(18)13-8-15-9-16(13)4/h8-12H,5-7H2,1-4H3/t10-,11-/m1/s1. The van der Waals surface area contributed by atoms with Crippen LogP contribution in [0.4, 0.5) is 0 Å². The van der Waals surface area contributed by atoms with Gasteiger partial charge in [-0.25, -0.2) is 4.98 Å². The van der Waals surface area contributed by atoms with E-state index in [1.54, 1.807) is 17.1 Å². The molecule has 2 atom stereocenters. The minimum atomic E-state index is 0.130. The fourth-order valence-electron chi connectivity index (χ4n) is 2.35. The molecule has 0 N–H and O–H groups in total. The van der Waals surface area contributed by atoms with Crippen LogP contribution >= 0.6 is 0 Å². The fraction of sp³-hybridized carbons (Fsp3) is 0.714. The van der Waals surface area contributed by atoms with Gasteiger partial charge in [0.05, 0.1) is 12.5 Å². The number of amides is 1. The Labute approximate surface area is 109 Å². The van der Waals surface area contributed by atoms with Crippen molar-refractivity contribution in [3.8, 4) is 0 Å². The Morgan fingerprint density at radius 2 is 2.22 bits per heavy atom. The molecule has 0 unspecified atom stereocenters. The highest BCUT2D eigenvalue weighted by Gasteiger charge is 2.38. The summed E-state index contributed by atoms with van der Waals surface area (Å²) in [7, 11) is 1.87. The third kappa shape index (κ3) is 2.42. The molecule has 0 aliphatic heterocycles. The van der Waals surface area contributed by atoms with Gasteiger partial charge in [-0.15, -0.1) is 0 Å². The van der Waals surface area contributed by atoms with Crippen LogP contribution < -0.4 is 0 Å². The number of hydrogen-bond donors (Lipinski definition) is 0. The summed E-state index contributed by atoms with van der Waals surface area (Å²) in [6.45, 7) is 6.57. The quantitative estimate of drug-likeness (QED) is 0.804. The third-order valence-electron chi connectivity index (χ3n) is 4.12. The summed E-state index contributed by atoms with van der Waals surface area (Å²) in [6.07, 6.45) is 6.74. The number of aryl methyl sites for hydroxylation is 1. The summed E-state index contributed by atoms with van der Waals surface area (Å²) in [5.41, 5.74) is 0.692. The van der Waals surface area contributed by atoms with Crippen molar-refractivity contribution in [2.45, 2.75) is 52.1 Å². The minimum Gasteiger partial charge on any atom is -0.331 e. The molecule has 0 aromatic carbocycles. The molecule has 0 radical (unpaired) electrons. The summed E-state index contributed by atoms with van der Waals surface area (Å²) in [5.74, 6) is 0.660. The Morgan fingerprint density at radius 1 is 1.56 bits per heavy atom. The van der Waals surface area contributed by atoms with Gasteiger partial charge >= 0.3 is 0 Å². The van der Waals surface area contributed by atoms with Crippen molar-refractivity contribution in [1.29, 1.82) is 0 Å². The molecular weight excluding hydrogens is 226 g/mol. The van der Waals surface area contributed by atoms with E-state index in [-0.39, 0.29) is 5.91 Å². The second kappa shape index (κ2) is 5.12. The average molecular weight is 249 g/mol. The summed E-state index contributed by atoms with van der Waals surface area (Å²) in [4.78, 5) is 18.8. The van der Waals surface area contributed by atoms with Crippen LogP contribution in [0.3, 0.4) is 0 Å². The first-order chi connectivity index (χ1) is 8.56. The van der Waals surface area contributed by atoms with Gasteiger partial charge in [-0.05, 0) is 25.7 Å². The maximum Gasteiger partial charge on any atom is 0.272 e. The maximum absolute atomic E-state index is 12.6. The van der Waals surface area contributed by atoms with Crippen molar-refractivity contribution in [3.63, 3.8) is 0 Å². The van der Waals surface area contributed by atoms with E-state index in [4.69, 9.17) is 0 Å². The highest BCUT2D eigenvalue weighted by Crippen LogP contribution is 2.32. The molecule has 1 fully saturated rings. The Bertz CT molecular complexity index is 422. The molecule has 1 saturated carbocycles. The van der Waals surface area contributed by atoms with Crippen LogP contribution in [0.2, 0.25) is 0 Å². The third-order valence-corrected chi connectivity index (χ3v) is 4.12. The molecule has 1 aliphatic rings. The molecule has 4 nitrogen and oxygen atoms in total. The zero-order valence-corrected chi connectivity index (χ0v) is 11.8. The van der Waals surface area contributed by atoms with Crippen molar-refractivity contribution in [2.75, 3.05) is 0 Å². The fourth-order valence-corrected chi connectivity index (χ4v) is 2.35. The molecule has 2 rings (SSSR count). The van der Waals surface area contributed by atoms with Crippen molar-refractivity contribution in [1.82, 2.24) is 14.5 Å². The summed E-state index contributed by atoms with van der Waals surface area (Å²) in [5, 5.41) is 0. The van der Waals surface area contributed by atoms with Gasteiger partial charge in [-0.3, -0.25) is 4.79 Å². The van der Waals surface area contributed by atoms with Crippen molar-refractivity contribution < 1.29 is 4.79 Å². The molecule has 4 heteroatoms. The molecule has 0 bridgehead atoms. The van der Waals surface area contributed by atoms with Crippen molar-refractivity contribution >= 4 is 5.91 Å². The van der Waals surface area contributed by atoms with Crippen LogP contribution in [0.15, 0.2) is 12.5 Å². The van der Waals surface area contributed by atoms with E-state index in [2.05, 4.69) is 30.7 Å². The second-order valence-electron chi connectivity index (χ2n) is 5.46. The minimum absolute atomic E-state index is 0.130. The van der Waals surface area contributed by atoms with Crippen LogP contribution in [0.1, 0.15) is 50.5 Å². The van der Waals surface area contributed by atoms with E-state index in [9.17, 15) is 4.79 Å². The number of hydrogen-bond acceptors (Lipinski definition) is 2. The molecule has 0 saturated heterocycles. The van der Waals surface area contributed by atoms with E-state index >= 15 is 0 Å². The van der Waals surface area contributed by atoms with Gasteiger partial charge in [0.1, 0.15) is 5.69 Å². The highest BCUT2D eigenvalue weighted by atomic mass is 16.2. The number of nitrogens with zero attached hydrogens (tertiary/aromatic N) is 3. The van der Waals surface area contributed by atoms with E-state index in [0.717, 1.165) is 19.3 Å². The van der Waals surface area contributed by atoms with E-state index in [1.165, 1.54) is 0 Å². The van der Waals surface area contributed by atoms with Gasteiger partial charge in [0.2, 0.25) is 0 Å². The topological polar surface area (TPSA) is 38.1 Å². The summed E-state index contributed by atoms with van der Waals surface area (Å²) >= 11 is 0. The Kier molecular flexibility index (Phi) is 3.73. The predicted octanol–water partition coefficient (Wildman–Crippen LogP) is 2.46. The van der Waals surface area contributed by atoms with Gasteiger partial charge in [0.15, 0.2) is 0 Å². The zero-order valence-electron chi connectivity index (χ0n) is 11.8. The van der Waals surface area contributed by atoms with Crippen molar-refractivity contribution in [3.05, 3.63) is 18.2 Å². The molecule has 18 heavy (non-hydrogen) atoms. The first kappa shape index (κ1) is 13.1. The Balaban J connectivity index is 2.20. The molecular formula is C14H23N3O. The number of carbonyl (C=O) groups is 1. The highest BCUT2D eigenvalue weighted by molar-refractivity contribution is 5.93. The normalized spacial score (nSPS) is 18.4. The summed E-state index contributed by atoms with van der Waals surface area (Å²) in [6, 6.07) is 0.737. The summed E-state index contributed by atoms with van der Waals surface area (Å²) < 4.78 is 1.81. The van der Waals surface area contributed by atoms with Crippen LogP contribution in [0.5, 0.6) is 0 Å². The second-order valence-corrected chi connectivity index (χ2v) is 5.46. The first-order valence-corrected chi connectivity index (χ1v) is 6.85. The lowest BCUT2D eigenvalue weighted by atomic mass is 9.98. The molecule has 1 heterocycles. The monoisotopic (exact) mass is 249 g/mol. The molecule has 100 valence electrons. The predicted molar refractivity (Wildman–Crippen MR) is 71.3 cm³/mol. The van der Waals surface area contributed by atoms with Gasteiger partial charge in [0, 0.05) is 19.1 Å². The first-order valence-electron chi connectivity index (χ1n) is 6.85. The van der Waals surface area contributed by atoms with Crippen molar-refractivity contribution in [2.24, 2.45) is 13.0 Å². The van der Waals surface area contributed by atoms with E-state index in [1.807, 2.05) is 7.05 Å². The van der Waals surface area contributed by atoms with Gasteiger partial charge in [0.25, 0.3) is 5.91 Å². The van der Waals surface area contributed by atoms with E-state index < -0.39 is 0 Å². The lowest BCUT2D eigenvalue weighted by Crippen LogP contribution is -2.44. The Morgan fingerprint density at radius 3 is 2.67 bits per heavy atom. The molecule has 1 amide bonds. The SMILES string of the molecule is CC[C@@H](C)[C@@H](C)N(C(=O)c1cncn1C)C1CC1. The lowest BCUT2D eigenvalue weighted by molar-refractivity contribution is 0.0606.